The average molecular weight is 281 g/mol. The molecule has 3 nitrogen and oxygen atoms in total. The number of amides is 2. The van der Waals surface area contributed by atoms with Gasteiger partial charge < -0.3 is 10.2 Å². The fraction of sp³-hybridized carbons (Fsp3) is 0.533. The first kappa shape index (κ1) is 14.2. The fourth-order valence-electron chi connectivity index (χ4n) is 2.54. The smallest absolute Gasteiger partial charge is 0.321 e. The Labute approximate surface area is 119 Å². The standard InChI is InChI=1S/C15H21ClN2O/c1-3-12-5-4-8-18(10-12)15(19)17-14-7-6-13(16)9-11(14)2/h6-7,9,12H,3-5,8,10H2,1-2H3,(H,17,19)/t12-/m0/s1. The van der Waals surface area contributed by atoms with Crippen molar-refractivity contribution in [2.24, 2.45) is 5.92 Å². The minimum absolute atomic E-state index is 0.00331. The lowest BCUT2D eigenvalue weighted by molar-refractivity contribution is 0.176. The number of carbonyl (C=O) groups is 1. The lowest BCUT2D eigenvalue weighted by atomic mass is 9.96. The predicted octanol–water partition coefficient (Wildman–Crippen LogP) is 4.30. The number of likely N-dealkylation sites (tertiary alicyclic amines) is 1. The van der Waals surface area contributed by atoms with E-state index < -0.39 is 0 Å². The molecule has 1 fully saturated rings. The Morgan fingerprint density at radius 3 is 3.00 bits per heavy atom. The van der Waals surface area contributed by atoms with Crippen LogP contribution in [0.3, 0.4) is 0 Å². The van der Waals surface area contributed by atoms with E-state index in [9.17, 15) is 4.79 Å². The number of rotatable bonds is 2. The third-order valence-electron chi connectivity index (χ3n) is 3.81. The van der Waals surface area contributed by atoms with Crippen LogP contribution in [0.5, 0.6) is 0 Å². The zero-order valence-corrected chi connectivity index (χ0v) is 12.3. The molecule has 0 saturated carbocycles. The van der Waals surface area contributed by atoms with E-state index in [2.05, 4.69) is 12.2 Å². The number of nitrogens with one attached hydrogen (secondary N) is 1. The lowest BCUT2D eigenvalue weighted by Gasteiger charge is -2.32. The molecule has 0 unspecified atom stereocenters. The van der Waals surface area contributed by atoms with Crippen LogP contribution in [0.25, 0.3) is 0 Å². The Morgan fingerprint density at radius 1 is 1.53 bits per heavy atom. The van der Waals surface area contributed by atoms with Crippen LogP contribution in [-0.2, 0) is 0 Å². The summed E-state index contributed by atoms with van der Waals surface area (Å²) in [6.07, 6.45) is 3.48. The number of anilines is 1. The van der Waals surface area contributed by atoms with E-state index in [0.29, 0.717) is 10.9 Å². The molecule has 1 heterocycles. The van der Waals surface area contributed by atoms with Crippen LogP contribution in [0.4, 0.5) is 10.5 Å². The zero-order valence-electron chi connectivity index (χ0n) is 11.6. The third kappa shape index (κ3) is 3.63. The first-order chi connectivity index (χ1) is 9.10. The summed E-state index contributed by atoms with van der Waals surface area (Å²) < 4.78 is 0. The van der Waals surface area contributed by atoms with E-state index in [0.717, 1.165) is 37.2 Å². The minimum atomic E-state index is 0.00331. The molecule has 1 saturated heterocycles. The van der Waals surface area contributed by atoms with Gasteiger partial charge in [0, 0.05) is 23.8 Å². The first-order valence-electron chi connectivity index (χ1n) is 6.92. The van der Waals surface area contributed by atoms with Crippen molar-refractivity contribution < 1.29 is 4.79 Å². The van der Waals surface area contributed by atoms with Gasteiger partial charge in [-0.2, -0.15) is 0 Å². The van der Waals surface area contributed by atoms with Crippen molar-refractivity contribution in [2.75, 3.05) is 18.4 Å². The number of carbonyl (C=O) groups excluding carboxylic acids is 1. The number of hydrogen-bond donors (Lipinski definition) is 1. The third-order valence-corrected chi connectivity index (χ3v) is 4.05. The maximum absolute atomic E-state index is 12.2. The molecule has 104 valence electrons. The highest BCUT2D eigenvalue weighted by molar-refractivity contribution is 6.30. The highest BCUT2D eigenvalue weighted by atomic mass is 35.5. The van der Waals surface area contributed by atoms with Crippen LogP contribution in [0.15, 0.2) is 18.2 Å². The van der Waals surface area contributed by atoms with Crippen LogP contribution in [0.1, 0.15) is 31.7 Å². The largest absolute Gasteiger partial charge is 0.324 e. The summed E-state index contributed by atoms with van der Waals surface area (Å²) in [7, 11) is 0. The van der Waals surface area contributed by atoms with E-state index in [1.165, 1.54) is 6.42 Å². The summed E-state index contributed by atoms with van der Waals surface area (Å²) in [4.78, 5) is 14.2. The van der Waals surface area contributed by atoms with Crippen LogP contribution >= 0.6 is 11.6 Å². The van der Waals surface area contributed by atoms with Gasteiger partial charge in [-0.25, -0.2) is 4.79 Å². The quantitative estimate of drug-likeness (QED) is 0.860. The highest BCUT2D eigenvalue weighted by Gasteiger charge is 2.22. The summed E-state index contributed by atoms with van der Waals surface area (Å²) in [5.41, 5.74) is 1.83. The molecule has 1 atom stereocenters. The van der Waals surface area contributed by atoms with Crippen molar-refractivity contribution in [3.8, 4) is 0 Å². The normalized spacial score (nSPS) is 19.3. The van der Waals surface area contributed by atoms with Crippen molar-refractivity contribution >= 4 is 23.3 Å². The number of nitrogens with zero attached hydrogens (tertiary/aromatic N) is 1. The second-order valence-corrected chi connectivity index (χ2v) is 5.69. The Bertz CT molecular complexity index is 461. The van der Waals surface area contributed by atoms with Crippen LogP contribution in [0.2, 0.25) is 5.02 Å². The Kier molecular flexibility index (Phi) is 4.70. The fourth-order valence-corrected chi connectivity index (χ4v) is 2.77. The Balaban J connectivity index is 2.00. The molecule has 0 aromatic heterocycles. The van der Waals surface area contributed by atoms with Crippen LogP contribution in [0, 0.1) is 12.8 Å². The van der Waals surface area contributed by atoms with Gasteiger partial charge in [-0.15, -0.1) is 0 Å². The Hall–Kier alpha value is -1.22. The molecule has 1 aromatic rings. The van der Waals surface area contributed by atoms with Crippen molar-refractivity contribution in [3.63, 3.8) is 0 Å². The molecule has 0 spiro atoms. The van der Waals surface area contributed by atoms with Gasteiger partial charge in [-0.1, -0.05) is 24.9 Å². The highest BCUT2D eigenvalue weighted by Crippen LogP contribution is 2.22. The molecule has 1 N–H and O–H groups in total. The number of benzene rings is 1. The molecule has 0 radical (unpaired) electrons. The van der Waals surface area contributed by atoms with Gasteiger partial charge in [0.05, 0.1) is 0 Å². The average Bonchev–Trinajstić information content (AvgIpc) is 2.42. The first-order valence-corrected chi connectivity index (χ1v) is 7.30. The summed E-state index contributed by atoms with van der Waals surface area (Å²) in [5, 5.41) is 3.67. The number of halogens is 1. The summed E-state index contributed by atoms with van der Waals surface area (Å²) in [6.45, 7) is 5.87. The van der Waals surface area contributed by atoms with Gasteiger partial charge in [0.15, 0.2) is 0 Å². The second-order valence-electron chi connectivity index (χ2n) is 5.25. The molecular formula is C15H21ClN2O. The number of piperidine rings is 1. The molecule has 1 aliphatic rings. The van der Waals surface area contributed by atoms with Gasteiger partial charge in [0.2, 0.25) is 0 Å². The molecule has 2 rings (SSSR count). The summed E-state index contributed by atoms with van der Waals surface area (Å²) in [6, 6.07) is 5.53. The van der Waals surface area contributed by atoms with Crippen LogP contribution < -0.4 is 5.32 Å². The van der Waals surface area contributed by atoms with E-state index >= 15 is 0 Å². The predicted molar refractivity (Wildman–Crippen MR) is 79.8 cm³/mol. The topological polar surface area (TPSA) is 32.3 Å². The van der Waals surface area contributed by atoms with Crippen molar-refractivity contribution in [1.29, 1.82) is 0 Å². The molecular weight excluding hydrogens is 260 g/mol. The molecule has 0 aliphatic carbocycles. The van der Waals surface area contributed by atoms with E-state index in [1.807, 2.05) is 24.0 Å². The van der Waals surface area contributed by atoms with E-state index in [1.54, 1.807) is 6.07 Å². The van der Waals surface area contributed by atoms with Gasteiger partial charge >= 0.3 is 6.03 Å². The van der Waals surface area contributed by atoms with Crippen molar-refractivity contribution in [2.45, 2.75) is 33.1 Å². The maximum Gasteiger partial charge on any atom is 0.321 e. The molecule has 2 amide bonds. The summed E-state index contributed by atoms with van der Waals surface area (Å²) >= 11 is 5.92. The summed E-state index contributed by atoms with van der Waals surface area (Å²) in [5.74, 6) is 0.644. The molecule has 19 heavy (non-hydrogen) atoms. The number of aryl methyl sites for hydroxylation is 1. The van der Waals surface area contributed by atoms with E-state index in [-0.39, 0.29) is 6.03 Å². The number of urea groups is 1. The van der Waals surface area contributed by atoms with Gasteiger partial charge in [-0.05, 0) is 49.4 Å². The lowest BCUT2D eigenvalue weighted by Crippen LogP contribution is -2.42. The monoisotopic (exact) mass is 280 g/mol. The Morgan fingerprint density at radius 2 is 2.32 bits per heavy atom. The SMILES string of the molecule is CC[C@H]1CCCN(C(=O)Nc2ccc(Cl)cc2C)C1. The molecule has 1 aromatic carbocycles. The van der Waals surface area contributed by atoms with E-state index in [4.69, 9.17) is 11.6 Å². The second kappa shape index (κ2) is 6.29. The maximum atomic E-state index is 12.2. The molecule has 0 bridgehead atoms. The van der Waals surface area contributed by atoms with Crippen LogP contribution in [-0.4, -0.2) is 24.0 Å². The zero-order chi connectivity index (χ0) is 13.8. The van der Waals surface area contributed by atoms with Gasteiger partial charge in [-0.3, -0.25) is 0 Å². The minimum Gasteiger partial charge on any atom is -0.324 e. The van der Waals surface area contributed by atoms with Crippen molar-refractivity contribution in [1.82, 2.24) is 4.90 Å². The van der Waals surface area contributed by atoms with Crippen molar-refractivity contribution in [3.05, 3.63) is 28.8 Å². The van der Waals surface area contributed by atoms with Gasteiger partial charge in [0.25, 0.3) is 0 Å². The molecule has 4 heteroatoms. The van der Waals surface area contributed by atoms with Gasteiger partial charge in [0.1, 0.15) is 0 Å². The number of hydrogen-bond acceptors (Lipinski definition) is 1. The molecule has 1 aliphatic heterocycles.